The molecule has 6 rings (SSSR count). The maximum atomic E-state index is 7.02. The van der Waals surface area contributed by atoms with Crippen molar-refractivity contribution in [2.75, 3.05) is 0 Å². The average molecular weight is 882 g/mol. The van der Waals surface area contributed by atoms with Crippen molar-refractivity contribution < 1.29 is 4.74 Å². The van der Waals surface area contributed by atoms with Gasteiger partial charge in [0.2, 0.25) is 0 Å². The molecule has 0 amide bonds. The minimum atomic E-state index is -1.70. The van der Waals surface area contributed by atoms with Gasteiger partial charge in [-0.25, -0.2) is 0 Å². The molecule has 2 bridgehead atoms. The average Bonchev–Trinajstić information content (AvgIpc) is 3.01. The summed E-state index contributed by atoms with van der Waals surface area (Å²) in [5, 5.41) is 3.94. The molecule has 0 spiro atoms. The fourth-order valence-electron chi connectivity index (χ4n) is 14.4. The summed E-state index contributed by atoms with van der Waals surface area (Å²) < 4.78 is 7.02. The second-order valence-electron chi connectivity index (χ2n) is 25.5. The first kappa shape index (κ1) is 45.6. The van der Waals surface area contributed by atoms with Crippen LogP contribution < -0.4 is 9.92 Å². The fraction of sp³-hybridized carbons (Fsp3) is 0.625. The molecule has 3 aromatic rings. The van der Waals surface area contributed by atoms with Gasteiger partial charge in [-0.15, -0.1) is 0 Å². The SMILES string of the molecule is C[Si](C)(C)C(c1cc(C([Si](C)(C)C)[Si](C)(C)C)c([Si]C2(B3C4CCCC3CCC4)c3ccccc3Oc3ccccc32)c(C([Si](C)(C)C)[Si](C)(C)C)c1)[Si](C)(C)C. The van der Waals surface area contributed by atoms with Crippen LogP contribution in [-0.4, -0.2) is 64.7 Å². The van der Waals surface area contributed by atoms with E-state index in [4.69, 9.17) is 4.74 Å². The lowest BCUT2D eigenvalue weighted by atomic mass is 9.20. The zero-order valence-electron chi connectivity index (χ0n) is 39.9. The van der Waals surface area contributed by atoms with Crippen molar-refractivity contribution in [2.45, 2.75) is 188 Å². The minimum absolute atomic E-state index is 0.101. The van der Waals surface area contributed by atoms with E-state index in [1.165, 1.54) is 49.7 Å². The first-order chi connectivity index (χ1) is 26.1. The molecule has 0 aromatic heterocycles. The summed E-state index contributed by atoms with van der Waals surface area (Å²) in [4.78, 5) is -0.101. The predicted octanol–water partition coefficient (Wildman–Crippen LogP) is 14.7. The molecule has 2 fully saturated rings. The number of benzene rings is 3. The Hall–Kier alpha value is -0.957. The lowest BCUT2D eigenvalue weighted by molar-refractivity contribution is 0.419. The second-order valence-corrected chi connectivity index (χ2v) is 60.6. The van der Waals surface area contributed by atoms with Crippen LogP contribution in [0.15, 0.2) is 60.7 Å². The van der Waals surface area contributed by atoms with Crippen molar-refractivity contribution >= 4 is 69.9 Å². The van der Waals surface area contributed by atoms with Crippen LogP contribution in [0, 0.1) is 0 Å². The third-order valence-electron chi connectivity index (χ3n) is 14.4. The van der Waals surface area contributed by atoms with Gasteiger partial charge in [0.25, 0.3) is 0 Å². The highest BCUT2D eigenvalue weighted by Gasteiger charge is 2.58. The van der Waals surface area contributed by atoms with E-state index in [1.54, 1.807) is 5.56 Å². The van der Waals surface area contributed by atoms with E-state index in [9.17, 15) is 0 Å². The normalized spacial score (nSPS) is 20.5. The Bertz CT molecular complexity index is 1750. The molecule has 2 saturated heterocycles. The van der Waals surface area contributed by atoms with Crippen LogP contribution in [0.1, 0.15) is 81.8 Å². The van der Waals surface area contributed by atoms with Crippen LogP contribution >= 0.6 is 0 Å². The molecule has 3 heterocycles. The molecular formula is C48H81BOSi7. The summed E-state index contributed by atoms with van der Waals surface area (Å²) in [5.74, 6) is 3.80. The van der Waals surface area contributed by atoms with Gasteiger partial charge in [-0.05, 0) is 44.3 Å². The zero-order valence-corrected chi connectivity index (χ0v) is 46.9. The molecule has 0 saturated carbocycles. The topological polar surface area (TPSA) is 9.23 Å². The van der Waals surface area contributed by atoms with Crippen molar-refractivity contribution in [2.24, 2.45) is 0 Å². The highest BCUT2D eigenvalue weighted by atomic mass is 28.4. The van der Waals surface area contributed by atoms with Gasteiger partial charge in [-0.1, -0.05) is 233 Å². The molecule has 310 valence electrons. The van der Waals surface area contributed by atoms with Gasteiger partial charge in [-0.3, -0.25) is 0 Å². The van der Waals surface area contributed by atoms with Gasteiger partial charge in [0.15, 0.2) is 6.71 Å². The van der Waals surface area contributed by atoms with Crippen molar-refractivity contribution in [3.8, 4) is 11.5 Å². The first-order valence-electron chi connectivity index (χ1n) is 22.9. The Morgan fingerprint density at radius 1 is 0.509 bits per heavy atom. The van der Waals surface area contributed by atoms with Crippen LogP contribution in [0.3, 0.4) is 0 Å². The maximum Gasteiger partial charge on any atom is 0.161 e. The molecule has 0 aliphatic carbocycles. The Morgan fingerprint density at radius 3 is 1.18 bits per heavy atom. The zero-order chi connectivity index (χ0) is 42.3. The monoisotopic (exact) mass is 880 g/mol. The molecule has 0 unspecified atom stereocenters. The number of hydrogen-bond donors (Lipinski definition) is 0. The molecule has 3 aliphatic rings. The third kappa shape index (κ3) is 8.88. The van der Waals surface area contributed by atoms with Crippen LogP contribution in [-0.2, 0) is 4.94 Å². The van der Waals surface area contributed by atoms with Crippen LogP contribution in [0.2, 0.25) is 129 Å². The Morgan fingerprint density at radius 2 is 0.842 bits per heavy atom. The van der Waals surface area contributed by atoms with E-state index >= 15 is 0 Å². The fourth-order valence-corrected chi connectivity index (χ4v) is 55.6. The van der Waals surface area contributed by atoms with Crippen molar-refractivity contribution in [1.82, 2.24) is 0 Å². The van der Waals surface area contributed by atoms with E-state index < -0.39 is 48.4 Å². The number of para-hydroxylation sites is 2. The number of hydrogen-bond acceptors (Lipinski definition) is 1. The van der Waals surface area contributed by atoms with E-state index in [0.29, 0.717) is 26.6 Å². The standard InChI is InChI=1S/C48H81BOSi7/c1-52(2,3)45(53(4,5)6)35-33-38(46(54(7,8)9)55(10,11)12)44(39(34-35)47(56(13,14)15)57(16,17)18)51-48(49-36-25-23-26-37(49)28-24-27-36)40-29-19-21-31-42(40)50-43-32-22-20-30-41(43)48/h19-22,29-34,36-37,45-47H,23-28H2,1-18H3. The van der Waals surface area contributed by atoms with Gasteiger partial charge in [-0.2, -0.15) is 0 Å². The lowest BCUT2D eigenvalue weighted by Crippen LogP contribution is -2.62. The highest BCUT2D eigenvalue weighted by Crippen LogP contribution is 2.59. The summed E-state index contributed by atoms with van der Waals surface area (Å²) in [5.41, 5.74) is 8.44. The molecule has 2 radical (unpaired) electrons. The number of rotatable bonds is 12. The van der Waals surface area contributed by atoms with Crippen LogP contribution in [0.5, 0.6) is 11.5 Å². The second kappa shape index (κ2) is 15.7. The quantitative estimate of drug-likeness (QED) is 0.165. The summed E-state index contributed by atoms with van der Waals surface area (Å²) in [6.07, 6.45) is 8.39. The Labute approximate surface area is 360 Å². The van der Waals surface area contributed by atoms with Crippen molar-refractivity contribution in [1.29, 1.82) is 0 Å². The predicted molar refractivity (Wildman–Crippen MR) is 275 cm³/mol. The van der Waals surface area contributed by atoms with Gasteiger partial charge >= 0.3 is 0 Å². The summed E-state index contributed by atoms with van der Waals surface area (Å²) in [6, 6.07) is 24.8. The lowest BCUT2D eigenvalue weighted by Gasteiger charge is -2.54. The number of ether oxygens (including phenoxy) is 1. The first-order valence-corrected chi connectivity index (χ1v) is 45.4. The van der Waals surface area contributed by atoms with E-state index in [-0.39, 0.29) is 4.94 Å². The van der Waals surface area contributed by atoms with Crippen molar-refractivity contribution in [3.63, 3.8) is 0 Å². The molecule has 0 N–H and O–H groups in total. The Kier molecular flexibility index (Phi) is 12.6. The third-order valence-corrected chi connectivity index (χ3v) is 44.3. The van der Waals surface area contributed by atoms with Gasteiger partial charge in [0.05, 0.1) is 9.52 Å². The van der Waals surface area contributed by atoms with Gasteiger partial charge in [0.1, 0.15) is 11.5 Å². The molecule has 57 heavy (non-hydrogen) atoms. The van der Waals surface area contributed by atoms with Gasteiger partial charge in [0, 0.05) is 53.4 Å². The largest absolute Gasteiger partial charge is 0.457 e. The minimum Gasteiger partial charge on any atom is -0.457 e. The summed E-state index contributed by atoms with van der Waals surface area (Å²) >= 11 is 0. The Balaban J connectivity index is 1.85. The van der Waals surface area contributed by atoms with Crippen molar-refractivity contribution in [3.05, 3.63) is 88.5 Å². The molecule has 1 nitrogen and oxygen atoms in total. The van der Waals surface area contributed by atoms with Gasteiger partial charge < -0.3 is 4.74 Å². The molecule has 3 aromatic carbocycles. The smallest absolute Gasteiger partial charge is 0.161 e. The van der Waals surface area contributed by atoms with Crippen LogP contribution in [0.25, 0.3) is 0 Å². The molecule has 3 aliphatic heterocycles. The molecule has 9 heteroatoms. The maximum absolute atomic E-state index is 7.02. The van der Waals surface area contributed by atoms with E-state index in [1.807, 2.05) is 16.3 Å². The van der Waals surface area contributed by atoms with E-state index in [2.05, 4.69) is 179 Å². The molecule has 0 atom stereocenters. The summed E-state index contributed by atoms with van der Waals surface area (Å²) in [6.45, 7) is 49.6. The highest BCUT2D eigenvalue weighted by molar-refractivity contribution is 6.98. The van der Waals surface area contributed by atoms with Crippen LogP contribution in [0.4, 0.5) is 0 Å². The molecular weight excluding hydrogens is 800 g/mol. The number of fused-ring (bicyclic) bond motifs is 4. The van der Waals surface area contributed by atoms with E-state index in [0.717, 1.165) is 28.3 Å². The summed E-state index contributed by atoms with van der Waals surface area (Å²) in [7, 11) is -9.28.